The van der Waals surface area contributed by atoms with Crippen LogP contribution in [0.25, 0.3) is 10.9 Å². The Balaban J connectivity index is 1.65. The molecule has 4 heteroatoms. The zero-order chi connectivity index (χ0) is 24.4. The van der Waals surface area contributed by atoms with Crippen LogP contribution in [0.4, 0.5) is 0 Å². The van der Waals surface area contributed by atoms with Crippen molar-refractivity contribution in [1.29, 1.82) is 0 Å². The number of pyridine rings is 1. The number of aryl methyl sites for hydroxylation is 1. The van der Waals surface area contributed by atoms with Gasteiger partial charge in [-0.15, -0.1) is 0 Å². The fourth-order valence-electron chi connectivity index (χ4n) is 5.79. The number of rotatable bonds is 6. The normalized spacial score (nSPS) is 14.7. The van der Waals surface area contributed by atoms with E-state index in [1.54, 1.807) is 0 Å². The lowest BCUT2D eigenvalue weighted by molar-refractivity contribution is 0.151. The molecule has 180 valence electrons. The van der Waals surface area contributed by atoms with Gasteiger partial charge in [-0.05, 0) is 55.4 Å². The van der Waals surface area contributed by atoms with Crippen LogP contribution in [0.3, 0.4) is 0 Å². The minimum absolute atomic E-state index is 0.224. The fourth-order valence-corrected chi connectivity index (χ4v) is 5.79. The summed E-state index contributed by atoms with van der Waals surface area (Å²) >= 11 is 0. The maximum Gasteiger partial charge on any atom is 0.225 e. The second-order valence-electron chi connectivity index (χ2n) is 9.69. The van der Waals surface area contributed by atoms with E-state index in [0.29, 0.717) is 5.88 Å². The lowest BCUT2D eigenvalue weighted by atomic mass is 9.77. The average molecular weight is 474 g/mol. The Kier molecular flexibility index (Phi) is 6.02. The van der Waals surface area contributed by atoms with Gasteiger partial charge in [0, 0.05) is 6.20 Å². The van der Waals surface area contributed by atoms with Crippen molar-refractivity contribution in [1.82, 2.24) is 14.8 Å². The minimum Gasteiger partial charge on any atom is -0.474 e. The number of ether oxygens (including phenoxy) is 1. The highest BCUT2D eigenvalue weighted by Crippen LogP contribution is 2.43. The maximum atomic E-state index is 6.53. The number of hydrogen-bond donors (Lipinski definition) is 0. The van der Waals surface area contributed by atoms with Crippen LogP contribution in [0.15, 0.2) is 103 Å². The van der Waals surface area contributed by atoms with E-state index in [2.05, 4.69) is 109 Å². The van der Waals surface area contributed by atoms with Crippen molar-refractivity contribution >= 4 is 10.9 Å². The number of benzene rings is 3. The molecular weight excluding hydrogens is 442 g/mol. The lowest BCUT2D eigenvalue weighted by Crippen LogP contribution is -2.38. The van der Waals surface area contributed by atoms with Gasteiger partial charge < -0.3 is 4.74 Å². The average Bonchev–Trinajstić information content (AvgIpc) is 3.29. The van der Waals surface area contributed by atoms with Gasteiger partial charge in [-0.2, -0.15) is 5.10 Å². The number of aromatic nitrogens is 3. The minimum atomic E-state index is -0.667. The van der Waals surface area contributed by atoms with Crippen LogP contribution in [0.2, 0.25) is 0 Å². The molecule has 5 aromatic rings. The van der Waals surface area contributed by atoms with Crippen molar-refractivity contribution < 1.29 is 4.74 Å². The highest BCUT2D eigenvalue weighted by atomic mass is 16.5. The molecule has 0 bridgehead atoms. The summed E-state index contributed by atoms with van der Waals surface area (Å²) in [5.74, 6) is 0.700. The van der Waals surface area contributed by atoms with Crippen LogP contribution in [-0.2, 0) is 5.54 Å². The van der Waals surface area contributed by atoms with Crippen molar-refractivity contribution in [3.63, 3.8) is 0 Å². The molecule has 0 radical (unpaired) electrons. The van der Waals surface area contributed by atoms with Gasteiger partial charge in [-0.1, -0.05) is 97.4 Å². The summed E-state index contributed by atoms with van der Waals surface area (Å²) in [6.45, 7) is 2.07. The zero-order valence-electron chi connectivity index (χ0n) is 20.7. The molecule has 2 heterocycles. The molecule has 0 saturated heterocycles. The molecule has 4 nitrogen and oxygen atoms in total. The lowest BCUT2D eigenvalue weighted by Gasteiger charge is -2.37. The van der Waals surface area contributed by atoms with Crippen molar-refractivity contribution in [3.8, 4) is 5.88 Å². The second-order valence-corrected chi connectivity index (χ2v) is 9.69. The number of fused-ring (bicyclic) bond motifs is 1. The summed E-state index contributed by atoms with van der Waals surface area (Å²) in [5.41, 5.74) is 4.73. The van der Waals surface area contributed by atoms with Gasteiger partial charge in [0.25, 0.3) is 0 Å². The summed E-state index contributed by atoms with van der Waals surface area (Å²) < 4.78 is 8.72. The SMILES string of the molecule is Cc1nn(C(c2ccccc2)(c2ccccc2)c2ccccc2)c2ccnc(OC3CCCCC3)c12. The third kappa shape index (κ3) is 3.78. The van der Waals surface area contributed by atoms with E-state index in [-0.39, 0.29) is 6.10 Å². The summed E-state index contributed by atoms with van der Waals surface area (Å²) in [4.78, 5) is 4.70. The molecule has 6 rings (SSSR count). The van der Waals surface area contributed by atoms with Gasteiger partial charge in [0.15, 0.2) is 0 Å². The Hall–Kier alpha value is -3.92. The Morgan fingerprint density at radius 2 is 1.25 bits per heavy atom. The van der Waals surface area contributed by atoms with E-state index in [0.717, 1.165) is 46.1 Å². The van der Waals surface area contributed by atoms with Gasteiger partial charge in [0.1, 0.15) is 11.6 Å². The van der Waals surface area contributed by atoms with Gasteiger partial charge in [0.05, 0.1) is 16.6 Å². The summed E-state index contributed by atoms with van der Waals surface area (Å²) in [6, 6.07) is 34.1. The third-order valence-corrected chi connectivity index (χ3v) is 7.46. The highest BCUT2D eigenvalue weighted by molar-refractivity contribution is 5.87. The molecule has 0 atom stereocenters. The van der Waals surface area contributed by atoms with Gasteiger partial charge in [-0.25, -0.2) is 9.67 Å². The fraction of sp³-hybridized carbons (Fsp3) is 0.250. The standard InChI is InChI=1S/C32H31N3O/c1-24-30-29(22-23-33-31(30)36-28-20-12-5-13-21-28)35(34-24)32(25-14-6-2-7-15-25,26-16-8-3-9-17-26)27-18-10-4-11-19-27/h2-4,6-11,14-19,22-23,28H,5,12-13,20-21H2,1H3. The van der Waals surface area contributed by atoms with Crippen molar-refractivity contribution in [2.24, 2.45) is 0 Å². The molecule has 36 heavy (non-hydrogen) atoms. The first-order chi connectivity index (χ1) is 17.8. The smallest absolute Gasteiger partial charge is 0.225 e. The maximum absolute atomic E-state index is 6.53. The highest BCUT2D eigenvalue weighted by Gasteiger charge is 2.41. The topological polar surface area (TPSA) is 39.9 Å². The van der Waals surface area contributed by atoms with E-state index in [1.807, 2.05) is 6.20 Å². The first kappa shape index (κ1) is 22.5. The van der Waals surface area contributed by atoms with Crippen LogP contribution in [-0.4, -0.2) is 20.9 Å². The molecule has 1 saturated carbocycles. The summed E-state index contributed by atoms with van der Waals surface area (Å²) in [6.07, 6.45) is 8.00. The van der Waals surface area contributed by atoms with Crippen LogP contribution in [0, 0.1) is 6.92 Å². The van der Waals surface area contributed by atoms with Crippen LogP contribution >= 0.6 is 0 Å². The Bertz CT molecular complexity index is 1340. The molecule has 0 spiro atoms. The Labute approximate surface area is 212 Å². The molecular formula is C32H31N3O. The quantitative estimate of drug-likeness (QED) is 0.243. The van der Waals surface area contributed by atoms with Crippen LogP contribution < -0.4 is 4.74 Å². The Morgan fingerprint density at radius 3 is 1.78 bits per heavy atom. The molecule has 0 aliphatic heterocycles. The Morgan fingerprint density at radius 1 is 0.722 bits per heavy atom. The van der Waals surface area contributed by atoms with Crippen LogP contribution in [0.5, 0.6) is 5.88 Å². The first-order valence-corrected chi connectivity index (χ1v) is 13.0. The largest absolute Gasteiger partial charge is 0.474 e. The van der Waals surface area contributed by atoms with Crippen molar-refractivity contribution in [3.05, 3.63) is 126 Å². The zero-order valence-corrected chi connectivity index (χ0v) is 20.7. The molecule has 2 aromatic heterocycles. The molecule has 0 unspecified atom stereocenters. The number of hydrogen-bond acceptors (Lipinski definition) is 3. The van der Waals surface area contributed by atoms with Gasteiger partial charge in [0.2, 0.25) is 5.88 Å². The molecule has 0 N–H and O–H groups in total. The van der Waals surface area contributed by atoms with E-state index in [4.69, 9.17) is 14.8 Å². The molecule has 0 amide bonds. The van der Waals surface area contributed by atoms with Crippen molar-refractivity contribution in [2.45, 2.75) is 50.7 Å². The molecule has 1 aliphatic carbocycles. The van der Waals surface area contributed by atoms with Crippen molar-refractivity contribution in [2.75, 3.05) is 0 Å². The van der Waals surface area contributed by atoms with E-state index < -0.39 is 5.54 Å². The molecule has 1 fully saturated rings. The first-order valence-electron chi connectivity index (χ1n) is 13.0. The van der Waals surface area contributed by atoms with E-state index in [1.165, 1.54) is 19.3 Å². The third-order valence-electron chi connectivity index (χ3n) is 7.46. The molecule has 3 aromatic carbocycles. The molecule has 1 aliphatic rings. The van der Waals surface area contributed by atoms with Crippen LogP contribution in [0.1, 0.15) is 54.5 Å². The number of nitrogens with zero attached hydrogens (tertiary/aromatic N) is 3. The van der Waals surface area contributed by atoms with E-state index >= 15 is 0 Å². The summed E-state index contributed by atoms with van der Waals surface area (Å²) in [7, 11) is 0. The van der Waals surface area contributed by atoms with Gasteiger partial charge >= 0.3 is 0 Å². The predicted octanol–water partition coefficient (Wildman–Crippen LogP) is 7.29. The second kappa shape index (κ2) is 9.62. The monoisotopic (exact) mass is 473 g/mol. The predicted molar refractivity (Wildman–Crippen MR) is 144 cm³/mol. The van der Waals surface area contributed by atoms with Gasteiger partial charge in [-0.3, -0.25) is 0 Å². The van der Waals surface area contributed by atoms with E-state index in [9.17, 15) is 0 Å². The summed E-state index contributed by atoms with van der Waals surface area (Å²) in [5, 5.41) is 6.24.